The van der Waals surface area contributed by atoms with E-state index in [9.17, 15) is 14.7 Å². The number of carbonyl (C=O) groups excluding carboxylic acids is 2. The maximum Gasteiger partial charge on any atom is 0.296 e. The number of Topliss-reactive ketones (excluding diaryl/α,β-unsaturated/α-hetero) is 1. The topological polar surface area (TPSA) is 89.2 Å². The first-order valence-corrected chi connectivity index (χ1v) is 13.6. The predicted molar refractivity (Wildman–Crippen MR) is 155 cm³/mol. The van der Waals surface area contributed by atoms with Crippen molar-refractivity contribution in [1.29, 1.82) is 0 Å². The number of furan rings is 1. The summed E-state index contributed by atoms with van der Waals surface area (Å²) in [5.74, 6) is 0.454. The van der Waals surface area contributed by atoms with Gasteiger partial charge in [-0.3, -0.25) is 9.59 Å². The molecule has 1 N–H and O–H groups in total. The van der Waals surface area contributed by atoms with Crippen LogP contribution in [0.4, 0.5) is 0 Å². The molecule has 0 aliphatic carbocycles. The number of aryl methyl sites for hydroxylation is 1. The van der Waals surface area contributed by atoms with E-state index >= 15 is 0 Å². The van der Waals surface area contributed by atoms with E-state index in [1.807, 2.05) is 55.5 Å². The Labute approximate surface area is 239 Å². The zero-order valence-electron chi connectivity index (χ0n) is 23.4. The maximum absolute atomic E-state index is 13.5. The van der Waals surface area contributed by atoms with Gasteiger partial charge in [-0.25, -0.2) is 0 Å². The van der Waals surface area contributed by atoms with Crippen LogP contribution in [0.1, 0.15) is 47.9 Å². The zero-order chi connectivity index (χ0) is 28.9. The van der Waals surface area contributed by atoms with Gasteiger partial charge in [0.1, 0.15) is 29.6 Å². The first-order valence-electron chi connectivity index (χ1n) is 13.6. The van der Waals surface area contributed by atoms with Gasteiger partial charge >= 0.3 is 0 Å². The van der Waals surface area contributed by atoms with Crippen LogP contribution in [0.3, 0.4) is 0 Å². The summed E-state index contributed by atoms with van der Waals surface area (Å²) in [6.07, 6.45) is 1.52. The molecule has 1 amide bonds. The van der Waals surface area contributed by atoms with Crippen LogP contribution in [0.25, 0.3) is 5.76 Å². The van der Waals surface area contributed by atoms with Crippen molar-refractivity contribution in [2.24, 2.45) is 5.92 Å². The number of amides is 1. The lowest BCUT2D eigenvalue weighted by molar-refractivity contribution is -0.140. The van der Waals surface area contributed by atoms with E-state index in [0.717, 1.165) is 11.1 Å². The Morgan fingerprint density at radius 1 is 0.951 bits per heavy atom. The second-order valence-electron chi connectivity index (χ2n) is 10.5. The number of aliphatic hydroxyl groups excluding tert-OH is 1. The lowest BCUT2D eigenvalue weighted by atomic mass is 9.94. The van der Waals surface area contributed by atoms with Gasteiger partial charge in [-0.15, -0.1) is 0 Å². The summed E-state index contributed by atoms with van der Waals surface area (Å²) < 4.78 is 17.4. The standard InChI is InChI=1S/C34H33NO6/c1-22(2)20-41-29-15-14-26(17-23(29)3)32(36)30-31(35(34(38)33(30)37)19-28-13-8-16-39-28)25-11-7-12-27(18-25)40-21-24-9-5-4-6-10-24/h4-18,22,31,36H,19-21H2,1-3H3/b32-30+. The molecule has 41 heavy (non-hydrogen) atoms. The van der Waals surface area contributed by atoms with Gasteiger partial charge in [0.2, 0.25) is 0 Å². The smallest absolute Gasteiger partial charge is 0.296 e. The number of rotatable bonds is 10. The van der Waals surface area contributed by atoms with Crippen molar-refractivity contribution in [2.45, 2.75) is 40.0 Å². The van der Waals surface area contributed by atoms with Gasteiger partial charge in [-0.2, -0.15) is 0 Å². The third-order valence-electron chi connectivity index (χ3n) is 6.89. The Morgan fingerprint density at radius 3 is 2.46 bits per heavy atom. The van der Waals surface area contributed by atoms with Crippen LogP contribution < -0.4 is 9.47 Å². The van der Waals surface area contributed by atoms with Crippen LogP contribution in [0.2, 0.25) is 0 Å². The molecule has 1 atom stereocenters. The van der Waals surface area contributed by atoms with Crippen LogP contribution in [0, 0.1) is 12.8 Å². The second kappa shape index (κ2) is 12.2. The van der Waals surface area contributed by atoms with Gasteiger partial charge in [0, 0.05) is 5.56 Å². The fourth-order valence-corrected chi connectivity index (χ4v) is 4.85. The molecule has 1 saturated heterocycles. The quantitative estimate of drug-likeness (QED) is 0.132. The average molecular weight is 552 g/mol. The van der Waals surface area contributed by atoms with E-state index in [4.69, 9.17) is 13.9 Å². The molecule has 3 aromatic carbocycles. The van der Waals surface area contributed by atoms with Crippen LogP contribution >= 0.6 is 0 Å². The molecule has 1 aromatic heterocycles. The fourth-order valence-electron chi connectivity index (χ4n) is 4.85. The lowest BCUT2D eigenvalue weighted by Crippen LogP contribution is -2.29. The SMILES string of the molecule is Cc1cc(/C(O)=C2\C(=O)C(=O)N(Cc3ccco3)C2c2cccc(OCc3ccccc3)c2)ccc1OCC(C)C. The number of likely N-dealkylation sites (tertiary alicyclic amines) is 1. The molecular weight excluding hydrogens is 518 g/mol. The molecule has 1 unspecified atom stereocenters. The number of ketones is 1. The number of hydrogen-bond acceptors (Lipinski definition) is 6. The number of benzene rings is 3. The first kappa shape index (κ1) is 27.8. The molecule has 210 valence electrons. The van der Waals surface area contributed by atoms with Gasteiger partial charge in [-0.05, 0) is 72.0 Å². The minimum absolute atomic E-state index is 0.0111. The highest BCUT2D eigenvalue weighted by Gasteiger charge is 2.46. The number of nitrogens with zero attached hydrogens (tertiary/aromatic N) is 1. The van der Waals surface area contributed by atoms with E-state index in [0.29, 0.717) is 47.5 Å². The number of carbonyl (C=O) groups is 2. The summed E-state index contributed by atoms with van der Waals surface area (Å²) in [6, 6.07) is 24.9. The van der Waals surface area contributed by atoms with E-state index in [2.05, 4.69) is 13.8 Å². The van der Waals surface area contributed by atoms with Crippen molar-refractivity contribution < 1.29 is 28.6 Å². The van der Waals surface area contributed by atoms with E-state index in [-0.39, 0.29) is 17.9 Å². The molecule has 0 spiro atoms. The third-order valence-corrected chi connectivity index (χ3v) is 6.89. The summed E-state index contributed by atoms with van der Waals surface area (Å²) in [5.41, 5.74) is 2.90. The normalized spacial score (nSPS) is 16.4. The fraction of sp³-hybridized carbons (Fsp3) is 0.235. The molecule has 7 nitrogen and oxygen atoms in total. The third kappa shape index (κ3) is 6.19. The highest BCUT2D eigenvalue weighted by molar-refractivity contribution is 6.46. The molecule has 0 radical (unpaired) electrons. The van der Waals surface area contributed by atoms with Gasteiger partial charge < -0.3 is 23.9 Å². The van der Waals surface area contributed by atoms with Gasteiger partial charge in [0.15, 0.2) is 0 Å². The molecule has 5 rings (SSSR count). The van der Waals surface area contributed by atoms with E-state index in [1.165, 1.54) is 11.2 Å². The molecule has 1 aliphatic rings. The Kier molecular flexibility index (Phi) is 8.24. The summed E-state index contributed by atoms with van der Waals surface area (Å²) in [7, 11) is 0. The Hall–Kier alpha value is -4.78. The van der Waals surface area contributed by atoms with Crippen molar-refractivity contribution in [3.05, 3.63) is 125 Å². The molecule has 7 heteroatoms. The van der Waals surface area contributed by atoms with Crippen molar-refractivity contribution in [3.8, 4) is 11.5 Å². The van der Waals surface area contributed by atoms with E-state index < -0.39 is 17.7 Å². The molecule has 4 aromatic rings. The molecular formula is C34H33NO6. The van der Waals surface area contributed by atoms with Crippen LogP contribution in [0.15, 0.2) is 101 Å². The molecule has 0 bridgehead atoms. The van der Waals surface area contributed by atoms with Gasteiger partial charge in [0.05, 0.1) is 31.0 Å². The predicted octanol–water partition coefficient (Wildman–Crippen LogP) is 6.82. The number of aliphatic hydroxyl groups is 1. The van der Waals surface area contributed by atoms with Crippen molar-refractivity contribution in [1.82, 2.24) is 4.90 Å². The highest BCUT2D eigenvalue weighted by atomic mass is 16.5. The van der Waals surface area contributed by atoms with Crippen molar-refractivity contribution >= 4 is 17.4 Å². The Morgan fingerprint density at radius 2 is 1.76 bits per heavy atom. The Balaban J connectivity index is 1.53. The zero-order valence-corrected chi connectivity index (χ0v) is 23.4. The highest BCUT2D eigenvalue weighted by Crippen LogP contribution is 2.41. The van der Waals surface area contributed by atoms with Gasteiger partial charge in [0.25, 0.3) is 11.7 Å². The second-order valence-corrected chi connectivity index (χ2v) is 10.5. The largest absolute Gasteiger partial charge is 0.507 e. The van der Waals surface area contributed by atoms with Crippen molar-refractivity contribution in [3.63, 3.8) is 0 Å². The number of hydrogen-bond donors (Lipinski definition) is 1. The Bertz CT molecular complexity index is 1560. The average Bonchev–Trinajstić information content (AvgIpc) is 3.58. The summed E-state index contributed by atoms with van der Waals surface area (Å²) >= 11 is 0. The summed E-state index contributed by atoms with van der Waals surface area (Å²) in [4.78, 5) is 28.3. The summed E-state index contributed by atoms with van der Waals surface area (Å²) in [6.45, 7) is 7.01. The molecule has 0 saturated carbocycles. The first-order chi connectivity index (χ1) is 19.8. The molecule has 2 heterocycles. The molecule has 1 aliphatic heterocycles. The lowest BCUT2D eigenvalue weighted by Gasteiger charge is -2.25. The van der Waals surface area contributed by atoms with Crippen molar-refractivity contribution in [2.75, 3.05) is 6.61 Å². The summed E-state index contributed by atoms with van der Waals surface area (Å²) in [5, 5.41) is 11.5. The molecule has 1 fully saturated rings. The van der Waals surface area contributed by atoms with Crippen LogP contribution in [-0.4, -0.2) is 28.3 Å². The maximum atomic E-state index is 13.5. The van der Waals surface area contributed by atoms with Crippen LogP contribution in [0.5, 0.6) is 11.5 Å². The van der Waals surface area contributed by atoms with E-state index in [1.54, 1.807) is 36.4 Å². The monoisotopic (exact) mass is 551 g/mol. The minimum Gasteiger partial charge on any atom is -0.507 e. The number of ether oxygens (including phenoxy) is 2. The minimum atomic E-state index is -0.849. The van der Waals surface area contributed by atoms with Crippen LogP contribution in [-0.2, 0) is 22.7 Å². The van der Waals surface area contributed by atoms with Gasteiger partial charge in [-0.1, -0.05) is 56.3 Å².